The largest absolute Gasteiger partial charge is 0.336 e. The Kier molecular flexibility index (Phi) is 3.83. The molecule has 0 saturated heterocycles. The fourth-order valence-electron chi connectivity index (χ4n) is 1.02. The summed E-state index contributed by atoms with van der Waals surface area (Å²) in [4.78, 5) is 3.82. The molecule has 0 fully saturated rings. The second-order valence-corrected chi connectivity index (χ2v) is 4.96. The van der Waals surface area contributed by atoms with Gasteiger partial charge in [0.2, 0.25) is 0 Å². The highest BCUT2D eigenvalue weighted by Gasteiger charge is 2.18. The van der Waals surface area contributed by atoms with E-state index in [1.807, 2.05) is 6.92 Å². The van der Waals surface area contributed by atoms with Crippen LogP contribution in [0.5, 0.6) is 0 Å². The Labute approximate surface area is 89.5 Å². The van der Waals surface area contributed by atoms with Crippen LogP contribution in [0.15, 0.2) is 17.6 Å². The normalized spacial score (nSPS) is 14.1. The quantitative estimate of drug-likeness (QED) is 0.718. The molecule has 86 valence electrons. The number of aryl methyl sites for hydroxylation is 1. The van der Waals surface area contributed by atoms with E-state index in [4.69, 9.17) is 5.73 Å². The molecule has 3 N–H and O–H groups in total. The van der Waals surface area contributed by atoms with Gasteiger partial charge in [0.05, 0.1) is 6.33 Å². The van der Waals surface area contributed by atoms with Gasteiger partial charge in [-0.1, -0.05) is 0 Å². The van der Waals surface area contributed by atoms with Crippen molar-refractivity contribution in [3.63, 3.8) is 0 Å². The lowest BCUT2D eigenvalue weighted by molar-refractivity contribution is 0.559. The van der Waals surface area contributed by atoms with Crippen molar-refractivity contribution in [3.05, 3.63) is 12.5 Å². The molecular weight excluding hydrogens is 216 g/mol. The molecule has 0 aromatic carbocycles. The smallest absolute Gasteiger partial charge is 0.259 e. The van der Waals surface area contributed by atoms with Gasteiger partial charge in [0.1, 0.15) is 0 Å². The van der Waals surface area contributed by atoms with E-state index in [1.54, 1.807) is 11.5 Å². The number of sulfonamides is 1. The third-order valence-electron chi connectivity index (χ3n) is 1.96. The Bertz CT molecular complexity index is 412. The van der Waals surface area contributed by atoms with Gasteiger partial charge in [0.25, 0.3) is 10.0 Å². The minimum absolute atomic E-state index is 0.0321. The summed E-state index contributed by atoms with van der Waals surface area (Å²) in [5.74, 6) is 0. The zero-order valence-electron chi connectivity index (χ0n) is 8.84. The Morgan fingerprint density at radius 3 is 2.80 bits per heavy atom. The summed E-state index contributed by atoms with van der Waals surface area (Å²) < 4.78 is 27.5. The van der Waals surface area contributed by atoms with Crippen LogP contribution in [0.1, 0.15) is 13.8 Å². The number of nitrogens with one attached hydrogen (secondary N) is 1. The standard InChI is InChI=1S/C8H16N4O2S/c1-3-12-5-8(10-6-12)15(13,14)11-7(2)4-9/h5-7,11H,3-4,9H2,1-2H3. The van der Waals surface area contributed by atoms with E-state index in [0.29, 0.717) is 6.54 Å². The summed E-state index contributed by atoms with van der Waals surface area (Å²) in [5, 5.41) is 0.0321. The first-order valence-electron chi connectivity index (χ1n) is 4.73. The zero-order valence-corrected chi connectivity index (χ0v) is 9.66. The first kappa shape index (κ1) is 12.2. The second-order valence-electron chi connectivity index (χ2n) is 3.30. The summed E-state index contributed by atoms with van der Waals surface area (Å²) in [6.07, 6.45) is 2.98. The van der Waals surface area contributed by atoms with E-state index in [-0.39, 0.29) is 17.6 Å². The molecule has 1 aromatic rings. The monoisotopic (exact) mass is 232 g/mol. The minimum Gasteiger partial charge on any atom is -0.336 e. The maximum Gasteiger partial charge on any atom is 0.259 e. The van der Waals surface area contributed by atoms with Crippen LogP contribution < -0.4 is 10.5 Å². The van der Waals surface area contributed by atoms with Gasteiger partial charge in [-0.05, 0) is 13.8 Å². The molecule has 0 aliphatic carbocycles. The van der Waals surface area contributed by atoms with Crippen molar-refractivity contribution in [2.75, 3.05) is 6.54 Å². The van der Waals surface area contributed by atoms with Crippen LogP contribution >= 0.6 is 0 Å². The lowest BCUT2D eigenvalue weighted by Gasteiger charge is -2.09. The van der Waals surface area contributed by atoms with Gasteiger partial charge in [0.15, 0.2) is 5.03 Å². The Morgan fingerprint density at radius 1 is 1.67 bits per heavy atom. The molecule has 1 unspecified atom stereocenters. The van der Waals surface area contributed by atoms with Gasteiger partial charge in [-0.2, -0.15) is 0 Å². The highest BCUT2D eigenvalue weighted by molar-refractivity contribution is 7.89. The molecule has 7 heteroatoms. The second kappa shape index (κ2) is 4.73. The van der Waals surface area contributed by atoms with Crippen molar-refractivity contribution in [2.45, 2.75) is 31.5 Å². The molecule has 1 rings (SSSR count). The molecule has 6 nitrogen and oxygen atoms in total. The van der Waals surface area contributed by atoms with Crippen molar-refractivity contribution in [1.82, 2.24) is 14.3 Å². The number of aromatic nitrogens is 2. The van der Waals surface area contributed by atoms with Crippen LogP contribution in [0.25, 0.3) is 0 Å². The maximum absolute atomic E-state index is 11.7. The molecule has 0 saturated carbocycles. The number of imidazole rings is 1. The number of nitrogens with two attached hydrogens (primary N) is 1. The number of hydrogen-bond donors (Lipinski definition) is 2. The molecule has 1 atom stereocenters. The minimum atomic E-state index is -3.52. The third-order valence-corrected chi connectivity index (χ3v) is 3.43. The summed E-state index contributed by atoms with van der Waals surface area (Å²) in [5.41, 5.74) is 5.34. The van der Waals surface area contributed by atoms with Crippen LogP contribution in [0.3, 0.4) is 0 Å². The van der Waals surface area contributed by atoms with Gasteiger partial charge < -0.3 is 10.3 Å². The van der Waals surface area contributed by atoms with Crippen molar-refractivity contribution >= 4 is 10.0 Å². The Morgan fingerprint density at radius 2 is 2.33 bits per heavy atom. The van der Waals surface area contributed by atoms with E-state index < -0.39 is 10.0 Å². The van der Waals surface area contributed by atoms with Crippen LogP contribution in [-0.4, -0.2) is 30.6 Å². The molecule has 15 heavy (non-hydrogen) atoms. The predicted octanol–water partition coefficient (Wildman–Crippen LogP) is -0.471. The molecule has 0 amide bonds. The molecule has 1 heterocycles. The molecule has 0 bridgehead atoms. The van der Waals surface area contributed by atoms with E-state index in [0.717, 1.165) is 0 Å². The number of rotatable bonds is 5. The highest BCUT2D eigenvalue weighted by Crippen LogP contribution is 2.05. The average Bonchev–Trinajstić information content (AvgIpc) is 2.65. The van der Waals surface area contributed by atoms with Crippen LogP contribution in [0, 0.1) is 0 Å². The van der Waals surface area contributed by atoms with Gasteiger partial charge in [-0.15, -0.1) is 0 Å². The summed E-state index contributed by atoms with van der Waals surface area (Å²) in [6, 6.07) is -0.290. The van der Waals surface area contributed by atoms with E-state index in [2.05, 4.69) is 9.71 Å². The summed E-state index contributed by atoms with van der Waals surface area (Å²) >= 11 is 0. The molecule has 0 aliphatic heterocycles. The fraction of sp³-hybridized carbons (Fsp3) is 0.625. The molecular formula is C8H16N4O2S. The van der Waals surface area contributed by atoms with Gasteiger partial charge >= 0.3 is 0 Å². The third kappa shape index (κ3) is 3.01. The van der Waals surface area contributed by atoms with E-state index in [1.165, 1.54) is 12.5 Å². The van der Waals surface area contributed by atoms with Gasteiger partial charge in [-0.25, -0.2) is 18.1 Å². The van der Waals surface area contributed by atoms with Crippen molar-refractivity contribution in [3.8, 4) is 0 Å². The van der Waals surface area contributed by atoms with Crippen LogP contribution in [0.2, 0.25) is 0 Å². The lowest BCUT2D eigenvalue weighted by atomic mass is 10.4. The van der Waals surface area contributed by atoms with E-state index in [9.17, 15) is 8.42 Å². The van der Waals surface area contributed by atoms with Crippen LogP contribution in [-0.2, 0) is 16.6 Å². The molecule has 0 aliphatic rings. The first-order valence-corrected chi connectivity index (χ1v) is 6.22. The topological polar surface area (TPSA) is 90.0 Å². The van der Waals surface area contributed by atoms with Crippen LogP contribution in [0.4, 0.5) is 0 Å². The van der Waals surface area contributed by atoms with Crippen molar-refractivity contribution in [1.29, 1.82) is 0 Å². The van der Waals surface area contributed by atoms with Crippen molar-refractivity contribution in [2.24, 2.45) is 5.73 Å². The summed E-state index contributed by atoms with van der Waals surface area (Å²) in [7, 11) is -3.52. The average molecular weight is 232 g/mol. The molecule has 1 aromatic heterocycles. The van der Waals surface area contributed by atoms with Gasteiger partial charge in [-0.3, -0.25) is 0 Å². The van der Waals surface area contributed by atoms with Gasteiger partial charge in [0, 0.05) is 25.3 Å². The van der Waals surface area contributed by atoms with Crippen molar-refractivity contribution < 1.29 is 8.42 Å². The lowest BCUT2D eigenvalue weighted by Crippen LogP contribution is -2.37. The zero-order chi connectivity index (χ0) is 11.5. The Balaban J connectivity index is 2.86. The Hall–Kier alpha value is -0.920. The highest BCUT2D eigenvalue weighted by atomic mass is 32.2. The first-order chi connectivity index (χ1) is 6.99. The fourth-order valence-corrected chi connectivity index (χ4v) is 2.23. The predicted molar refractivity (Wildman–Crippen MR) is 56.7 cm³/mol. The number of hydrogen-bond acceptors (Lipinski definition) is 4. The maximum atomic E-state index is 11.7. The molecule has 0 radical (unpaired) electrons. The molecule has 0 spiro atoms. The van der Waals surface area contributed by atoms with E-state index >= 15 is 0 Å². The number of nitrogens with zero attached hydrogens (tertiary/aromatic N) is 2. The SMILES string of the molecule is CCn1cnc(S(=O)(=O)NC(C)CN)c1. The summed E-state index contributed by atoms with van der Waals surface area (Å²) in [6.45, 7) is 4.56.